The van der Waals surface area contributed by atoms with E-state index in [2.05, 4.69) is 22.9 Å². The summed E-state index contributed by atoms with van der Waals surface area (Å²) in [6, 6.07) is -0.632. The van der Waals surface area contributed by atoms with Crippen molar-refractivity contribution in [1.82, 2.24) is 21.7 Å². The second-order valence-electron chi connectivity index (χ2n) is 7.42. The number of carboxylic acid groups (broad SMARTS) is 1. The van der Waals surface area contributed by atoms with Crippen LogP contribution in [-0.4, -0.2) is 52.1 Å². The molecule has 0 aromatic heterocycles. The molecule has 0 aliphatic carbocycles. The number of thioether (sulfide) groups is 1. The molecule has 157 valence electrons. The first-order valence-electron chi connectivity index (χ1n) is 10.0. The smallest absolute Gasteiger partial charge is 0.326 e. The number of nitrogens with one attached hydrogen (secondary N) is 4. The third-order valence-corrected chi connectivity index (χ3v) is 6.78. The average molecular weight is 412 g/mol. The van der Waals surface area contributed by atoms with E-state index in [-0.39, 0.29) is 23.4 Å². The summed E-state index contributed by atoms with van der Waals surface area (Å²) in [5.74, 6) is -0.845. The number of fused-ring (bicyclic) bond motifs is 1. The summed E-state index contributed by atoms with van der Waals surface area (Å²) >= 11 is 1.81. The fraction of sp³-hybridized carbons (Fsp3) is 0.737. The topological polar surface area (TPSA) is 131 Å². The van der Waals surface area contributed by atoms with E-state index in [0.29, 0.717) is 24.8 Å². The Morgan fingerprint density at radius 3 is 2.79 bits per heavy atom. The highest BCUT2D eigenvalue weighted by Gasteiger charge is 2.42. The number of urea groups is 1. The molecule has 8 nitrogen and oxygen atoms in total. The molecule has 1 radical (unpaired) electrons. The first-order chi connectivity index (χ1) is 13.4. The van der Waals surface area contributed by atoms with Gasteiger partial charge in [-0.1, -0.05) is 26.2 Å². The van der Waals surface area contributed by atoms with E-state index in [1.54, 1.807) is 11.8 Å². The lowest BCUT2D eigenvalue weighted by Crippen LogP contribution is -2.37. The molecule has 2 saturated heterocycles. The van der Waals surface area contributed by atoms with Crippen molar-refractivity contribution in [3.63, 3.8) is 0 Å². The van der Waals surface area contributed by atoms with Crippen LogP contribution in [0.25, 0.3) is 0 Å². The van der Waals surface area contributed by atoms with Gasteiger partial charge < -0.3 is 21.1 Å². The molecule has 5 N–H and O–H groups in total. The summed E-state index contributed by atoms with van der Waals surface area (Å²) in [4.78, 5) is 34.4. The minimum Gasteiger partial charge on any atom is -0.480 e. The van der Waals surface area contributed by atoms with Gasteiger partial charge in [0.05, 0.1) is 12.1 Å². The van der Waals surface area contributed by atoms with Crippen LogP contribution in [0.2, 0.25) is 0 Å². The third kappa shape index (κ3) is 6.61. The highest BCUT2D eigenvalue weighted by atomic mass is 32.2. The van der Waals surface area contributed by atoms with E-state index in [9.17, 15) is 19.5 Å². The molecule has 9 heteroatoms. The van der Waals surface area contributed by atoms with Crippen molar-refractivity contribution in [3.05, 3.63) is 11.8 Å². The molecule has 0 aromatic rings. The van der Waals surface area contributed by atoms with E-state index in [4.69, 9.17) is 5.73 Å². The lowest BCUT2D eigenvalue weighted by atomic mass is 10.0. The van der Waals surface area contributed by atoms with Crippen molar-refractivity contribution in [3.8, 4) is 0 Å². The quantitative estimate of drug-likeness (QED) is 0.208. The summed E-state index contributed by atoms with van der Waals surface area (Å²) in [7, 11) is 0. The second kappa shape index (κ2) is 11.2. The van der Waals surface area contributed by atoms with Crippen LogP contribution in [0.1, 0.15) is 58.3 Å². The molecule has 0 aromatic carbocycles. The predicted octanol–water partition coefficient (Wildman–Crippen LogP) is 2.03. The normalized spacial score (nSPS) is 25.0. The zero-order valence-corrected chi connectivity index (χ0v) is 17.1. The van der Waals surface area contributed by atoms with Crippen LogP contribution in [0.3, 0.4) is 0 Å². The van der Waals surface area contributed by atoms with E-state index < -0.39 is 17.9 Å². The molecule has 4 atom stereocenters. The maximum Gasteiger partial charge on any atom is 0.326 e. The van der Waals surface area contributed by atoms with Crippen LogP contribution in [0, 0.1) is 0 Å². The van der Waals surface area contributed by atoms with Gasteiger partial charge in [0.1, 0.15) is 6.04 Å². The first-order valence-corrected chi connectivity index (χ1v) is 11.1. The fourth-order valence-corrected chi connectivity index (χ4v) is 5.18. The van der Waals surface area contributed by atoms with Gasteiger partial charge >= 0.3 is 12.0 Å². The molecule has 3 amide bonds. The Morgan fingerprint density at radius 2 is 2.11 bits per heavy atom. The lowest BCUT2D eigenvalue weighted by Gasteiger charge is -2.18. The first kappa shape index (κ1) is 22.4. The average Bonchev–Trinajstić information content (AvgIpc) is 3.18. The van der Waals surface area contributed by atoms with Crippen LogP contribution >= 0.6 is 11.8 Å². The number of hydrogen-bond acceptors (Lipinski definition) is 5. The number of rotatable bonds is 13. The standard InChI is InChI=1S/C19H31N4O4S/c1-2-3-4-5-7-12(17(20)24)10-21-13(18(25)26)8-6-9-15-16-14(11-28-15)22-19(27)23-16/h10,13-16,20-21H,2-9,11H2,1H3,(H,25,26)(H2,22,23,27)/t13?,14-,15-,16-/m0/s1. The van der Waals surface area contributed by atoms with Crippen molar-refractivity contribution in [2.75, 3.05) is 5.75 Å². The molecule has 2 aliphatic rings. The Bertz CT molecular complexity index is 598. The highest BCUT2D eigenvalue weighted by Crippen LogP contribution is 2.33. The van der Waals surface area contributed by atoms with E-state index in [1.807, 2.05) is 0 Å². The van der Waals surface area contributed by atoms with E-state index >= 15 is 0 Å². The van der Waals surface area contributed by atoms with Crippen LogP contribution in [0.5, 0.6) is 0 Å². The number of aliphatic carboxylic acids is 1. The summed E-state index contributed by atoms with van der Waals surface area (Å²) in [5, 5.41) is 18.4. The van der Waals surface area contributed by atoms with Gasteiger partial charge in [-0.15, -0.1) is 0 Å². The third-order valence-electron chi connectivity index (χ3n) is 5.27. The molecule has 2 rings (SSSR count). The Labute approximate surface area is 170 Å². The molecule has 2 heterocycles. The zero-order valence-electron chi connectivity index (χ0n) is 16.3. The van der Waals surface area contributed by atoms with Gasteiger partial charge in [0.15, 0.2) is 0 Å². The highest BCUT2D eigenvalue weighted by molar-refractivity contribution is 8.00. The molecule has 0 saturated carbocycles. The van der Waals surface area contributed by atoms with Crippen LogP contribution in [0.15, 0.2) is 11.8 Å². The number of carbonyl (C=O) groups excluding carboxylic acids is 2. The molecule has 28 heavy (non-hydrogen) atoms. The van der Waals surface area contributed by atoms with Gasteiger partial charge in [-0.05, 0) is 32.1 Å². The number of carbonyl (C=O) groups is 3. The zero-order chi connectivity index (χ0) is 20.5. The molecule has 0 spiro atoms. The predicted molar refractivity (Wildman–Crippen MR) is 109 cm³/mol. The van der Waals surface area contributed by atoms with E-state index in [0.717, 1.165) is 37.9 Å². The van der Waals surface area contributed by atoms with Gasteiger partial charge in [0, 0.05) is 22.8 Å². The Hall–Kier alpha value is -1.90. The van der Waals surface area contributed by atoms with Crippen molar-refractivity contribution < 1.29 is 19.5 Å². The minimum absolute atomic E-state index is 0.115. The Kier molecular flexibility index (Phi) is 8.95. The summed E-state index contributed by atoms with van der Waals surface area (Å²) in [6.07, 6.45) is 7.87. The molecule has 0 bridgehead atoms. The summed E-state index contributed by atoms with van der Waals surface area (Å²) in [5.41, 5.74) is 7.69. The van der Waals surface area contributed by atoms with Gasteiger partial charge in [-0.25, -0.2) is 9.59 Å². The van der Waals surface area contributed by atoms with Crippen LogP contribution < -0.4 is 21.7 Å². The molecule has 2 fully saturated rings. The molecule has 1 unspecified atom stereocenters. The maximum atomic E-state index is 11.5. The monoisotopic (exact) mass is 411 g/mol. The number of amides is 3. The van der Waals surface area contributed by atoms with Gasteiger partial charge in [-0.2, -0.15) is 11.8 Å². The SMILES string of the molecule is CCCCCCC(=CNC(CCC[C@@H]1SC[C@@H]2NC(=O)N[C@@H]21)C(=O)O)C([NH])=O. The number of unbranched alkanes of at least 4 members (excludes halogenated alkanes) is 3. The molecular formula is C19H31N4O4S. The van der Waals surface area contributed by atoms with Crippen LogP contribution in [-0.2, 0) is 9.59 Å². The van der Waals surface area contributed by atoms with Crippen molar-refractivity contribution in [2.24, 2.45) is 0 Å². The Balaban J connectivity index is 1.79. The largest absolute Gasteiger partial charge is 0.480 e. The van der Waals surface area contributed by atoms with Crippen molar-refractivity contribution >= 4 is 29.7 Å². The lowest BCUT2D eigenvalue weighted by molar-refractivity contribution is -0.139. The summed E-state index contributed by atoms with van der Waals surface area (Å²) in [6.45, 7) is 2.10. The van der Waals surface area contributed by atoms with Crippen LogP contribution in [0.4, 0.5) is 4.79 Å². The van der Waals surface area contributed by atoms with Crippen molar-refractivity contribution in [1.29, 1.82) is 0 Å². The number of carboxylic acids is 1. The number of hydrogen-bond donors (Lipinski definition) is 4. The second-order valence-corrected chi connectivity index (χ2v) is 8.69. The Morgan fingerprint density at radius 1 is 1.32 bits per heavy atom. The minimum atomic E-state index is -0.966. The maximum absolute atomic E-state index is 11.5. The van der Waals surface area contributed by atoms with E-state index in [1.165, 1.54) is 6.20 Å². The van der Waals surface area contributed by atoms with Gasteiger partial charge in [0.25, 0.3) is 5.91 Å². The fourth-order valence-electron chi connectivity index (χ4n) is 3.64. The van der Waals surface area contributed by atoms with Gasteiger partial charge in [-0.3, -0.25) is 10.5 Å². The molecular weight excluding hydrogens is 380 g/mol. The molecule has 2 aliphatic heterocycles. The van der Waals surface area contributed by atoms with Crippen molar-refractivity contribution in [2.45, 2.75) is 81.7 Å². The summed E-state index contributed by atoms with van der Waals surface area (Å²) < 4.78 is 0. The van der Waals surface area contributed by atoms with Gasteiger partial charge in [0.2, 0.25) is 0 Å².